The number of nitrogens with one attached hydrogen (secondary N) is 2. The Balaban J connectivity index is 1.48. The molecule has 0 radical (unpaired) electrons. The lowest BCUT2D eigenvalue weighted by Crippen LogP contribution is -2.43. The molecule has 0 aromatic heterocycles. The lowest BCUT2D eigenvalue weighted by atomic mass is 10.1. The second-order valence-corrected chi connectivity index (χ2v) is 5.97. The van der Waals surface area contributed by atoms with E-state index in [2.05, 4.69) is 15.8 Å². The van der Waals surface area contributed by atoms with Crippen molar-refractivity contribution in [2.45, 2.75) is 44.6 Å². The fraction of sp³-hybridized carbons (Fsp3) is 0.471. The Morgan fingerprint density at radius 2 is 1.79 bits per heavy atom. The van der Waals surface area contributed by atoms with Gasteiger partial charge in [0.15, 0.2) is 11.5 Å². The van der Waals surface area contributed by atoms with Crippen molar-refractivity contribution < 1.29 is 19.1 Å². The molecule has 2 aliphatic rings. The predicted octanol–water partition coefficient (Wildman–Crippen LogP) is 1.70. The van der Waals surface area contributed by atoms with Crippen molar-refractivity contribution in [3.05, 3.63) is 23.8 Å². The van der Waals surface area contributed by atoms with Crippen molar-refractivity contribution in [3.8, 4) is 11.5 Å². The highest BCUT2D eigenvalue weighted by Gasteiger charge is 2.19. The molecule has 1 heterocycles. The zero-order valence-electron chi connectivity index (χ0n) is 13.4. The van der Waals surface area contributed by atoms with Crippen LogP contribution in [0.5, 0.6) is 11.5 Å². The van der Waals surface area contributed by atoms with Crippen LogP contribution in [0, 0.1) is 0 Å². The summed E-state index contributed by atoms with van der Waals surface area (Å²) in [5, 5.41) is 6.60. The number of amides is 2. The summed E-state index contributed by atoms with van der Waals surface area (Å²) in [5.41, 5.74) is 2.99. The van der Waals surface area contributed by atoms with E-state index < -0.39 is 11.8 Å². The molecule has 0 bridgehead atoms. The highest BCUT2D eigenvalue weighted by atomic mass is 16.7. The summed E-state index contributed by atoms with van der Waals surface area (Å²) in [6.45, 7) is 0.202. The first-order chi connectivity index (χ1) is 11.7. The maximum Gasteiger partial charge on any atom is 0.329 e. The van der Waals surface area contributed by atoms with Crippen LogP contribution in [0.3, 0.4) is 0 Å². The Hall–Kier alpha value is -2.57. The van der Waals surface area contributed by atoms with Gasteiger partial charge in [-0.3, -0.25) is 9.59 Å². The van der Waals surface area contributed by atoms with E-state index in [-0.39, 0.29) is 12.8 Å². The van der Waals surface area contributed by atoms with E-state index in [0.717, 1.165) is 31.2 Å². The van der Waals surface area contributed by atoms with Crippen LogP contribution in [0.25, 0.3) is 0 Å². The first-order valence-corrected chi connectivity index (χ1v) is 8.26. The van der Waals surface area contributed by atoms with Crippen LogP contribution in [-0.2, 0) is 9.59 Å². The summed E-state index contributed by atoms with van der Waals surface area (Å²) in [4.78, 5) is 23.7. The van der Waals surface area contributed by atoms with Crippen LogP contribution < -0.4 is 20.2 Å². The van der Waals surface area contributed by atoms with Crippen LogP contribution in [0.4, 0.5) is 0 Å². The molecule has 2 amide bonds. The summed E-state index contributed by atoms with van der Waals surface area (Å²) < 4.78 is 10.5. The summed E-state index contributed by atoms with van der Waals surface area (Å²) in [6.07, 6.45) is 7.89. The Bertz CT molecular complexity index is 637. The Labute approximate surface area is 140 Å². The maximum atomic E-state index is 11.9. The van der Waals surface area contributed by atoms with Gasteiger partial charge in [-0.1, -0.05) is 25.7 Å². The fourth-order valence-corrected chi connectivity index (χ4v) is 2.88. The molecule has 7 nitrogen and oxygen atoms in total. The van der Waals surface area contributed by atoms with Crippen molar-refractivity contribution in [3.63, 3.8) is 0 Å². The average Bonchev–Trinajstić information content (AvgIpc) is 2.90. The van der Waals surface area contributed by atoms with Gasteiger partial charge in [0, 0.05) is 6.04 Å². The van der Waals surface area contributed by atoms with Gasteiger partial charge in [0.1, 0.15) is 0 Å². The number of ether oxygens (including phenoxy) is 2. The highest BCUT2D eigenvalue weighted by molar-refractivity contribution is 6.35. The molecule has 1 aromatic rings. The van der Waals surface area contributed by atoms with Gasteiger partial charge >= 0.3 is 11.8 Å². The molecule has 1 saturated carbocycles. The minimum atomic E-state index is -0.753. The van der Waals surface area contributed by atoms with Crippen LogP contribution in [0.2, 0.25) is 0 Å². The molecular weight excluding hydrogens is 310 g/mol. The molecule has 128 valence electrons. The molecule has 0 saturated heterocycles. The van der Waals surface area contributed by atoms with Crippen molar-refractivity contribution in [2.24, 2.45) is 5.10 Å². The number of rotatable bonds is 3. The quantitative estimate of drug-likeness (QED) is 0.382. The van der Waals surface area contributed by atoms with Gasteiger partial charge in [0.25, 0.3) is 0 Å². The van der Waals surface area contributed by atoms with Gasteiger partial charge in [-0.2, -0.15) is 5.10 Å². The molecule has 7 heteroatoms. The summed E-state index contributed by atoms with van der Waals surface area (Å²) >= 11 is 0. The lowest BCUT2D eigenvalue weighted by Gasteiger charge is -2.14. The van der Waals surface area contributed by atoms with E-state index in [1.165, 1.54) is 19.1 Å². The maximum absolute atomic E-state index is 11.9. The van der Waals surface area contributed by atoms with Crippen molar-refractivity contribution in [1.29, 1.82) is 0 Å². The van der Waals surface area contributed by atoms with Gasteiger partial charge in [-0.25, -0.2) is 5.43 Å². The second kappa shape index (κ2) is 7.81. The summed E-state index contributed by atoms with van der Waals surface area (Å²) in [5.74, 6) is -0.0728. The van der Waals surface area contributed by atoms with Gasteiger partial charge in [0.05, 0.1) is 6.21 Å². The number of benzene rings is 1. The van der Waals surface area contributed by atoms with Crippen LogP contribution in [0.15, 0.2) is 23.3 Å². The molecule has 2 N–H and O–H groups in total. The van der Waals surface area contributed by atoms with Gasteiger partial charge in [-0.15, -0.1) is 0 Å². The van der Waals surface area contributed by atoms with Crippen molar-refractivity contribution in [2.75, 3.05) is 6.79 Å². The average molecular weight is 331 g/mol. The number of hydrogen-bond donors (Lipinski definition) is 2. The molecule has 1 aliphatic carbocycles. The SMILES string of the molecule is O=C(N/N=C\c1ccc2c(c1)OCO2)C(=O)NC1CCCCCC1. The largest absolute Gasteiger partial charge is 0.454 e. The first kappa shape index (κ1) is 16.3. The van der Waals surface area contributed by atoms with Crippen LogP contribution in [-0.4, -0.2) is 30.9 Å². The monoisotopic (exact) mass is 331 g/mol. The van der Waals surface area contributed by atoms with Gasteiger partial charge in [-0.05, 0) is 36.6 Å². The molecule has 1 aliphatic heterocycles. The second-order valence-electron chi connectivity index (χ2n) is 5.97. The molecule has 1 aromatic carbocycles. The summed E-state index contributed by atoms with van der Waals surface area (Å²) in [7, 11) is 0. The molecule has 0 spiro atoms. The molecule has 0 unspecified atom stereocenters. The molecule has 1 fully saturated rings. The van der Waals surface area contributed by atoms with E-state index in [9.17, 15) is 9.59 Å². The number of hydrazone groups is 1. The molecule has 0 atom stereocenters. The first-order valence-electron chi connectivity index (χ1n) is 8.26. The highest BCUT2D eigenvalue weighted by Crippen LogP contribution is 2.31. The smallest absolute Gasteiger partial charge is 0.329 e. The lowest BCUT2D eigenvalue weighted by molar-refractivity contribution is -0.139. The number of nitrogens with zero attached hydrogens (tertiary/aromatic N) is 1. The topological polar surface area (TPSA) is 89.0 Å². The third kappa shape index (κ3) is 4.24. The zero-order chi connectivity index (χ0) is 16.8. The molecule has 24 heavy (non-hydrogen) atoms. The van der Waals surface area contributed by atoms with E-state index in [4.69, 9.17) is 9.47 Å². The van der Waals surface area contributed by atoms with Gasteiger partial charge < -0.3 is 14.8 Å². The number of carbonyl (C=O) groups is 2. The Morgan fingerprint density at radius 1 is 1.04 bits per heavy atom. The Morgan fingerprint density at radius 3 is 2.58 bits per heavy atom. The van der Waals surface area contributed by atoms with Crippen LogP contribution in [0.1, 0.15) is 44.1 Å². The minimum Gasteiger partial charge on any atom is -0.454 e. The van der Waals surface area contributed by atoms with E-state index in [0.29, 0.717) is 11.5 Å². The van der Waals surface area contributed by atoms with E-state index in [1.807, 2.05) is 0 Å². The zero-order valence-corrected chi connectivity index (χ0v) is 13.4. The molecule has 3 rings (SSSR count). The predicted molar refractivity (Wildman–Crippen MR) is 87.9 cm³/mol. The Kier molecular flexibility index (Phi) is 5.30. The van der Waals surface area contributed by atoms with Gasteiger partial charge in [0.2, 0.25) is 6.79 Å². The molecular formula is C17H21N3O4. The summed E-state index contributed by atoms with van der Waals surface area (Å²) in [6, 6.07) is 5.39. The minimum absolute atomic E-state index is 0.0867. The van der Waals surface area contributed by atoms with E-state index >= 15 is 0 Å². The fourth-order valence-electron chi connectivity index (χ4n) is 2.88. The standard InChI is InChI=1S/C17H21N3O4/c21-16(19-13-5-3-1-2-4-6-13)17(22)20-18-10-12-7-8-14-15(9-12)24-11-23-14/h7-10,13H,1-6,11H2,(H,19,21)(H,20,22)/b18-10-. The third-order valence-electron chi connectivity index (χ3n) is 4.17. The van der Waals surface area contributed by atoms with Crippen molar-refractivity contribution >= 4 is 18.0 Å². The van der Waals surface area contributed by atoms with E-state index in [1.54, 1.807) is 18.2 Å². The van der Waals surface area contributed by atoms with Crippen LogP contribution >= 0.6 is 0 Å². The number of carbonyl (C=O) groups excluding carboxylic acids is 2. The number of hydrogen-bond acceptors (Lipinski definition) is 5. The number of fused-ring (bicyclic) bond motifs is 1. The third-order valence-corrected chi connectivity index (χ3v) is 4.17. The van der Waals surface area contributed by atoms with Crippen molar-refractivity contribution in [1.82, 2.24) is 10.7 Å². The normalized spacial score (nSPS) is 17.5.